The summed E-state index contributed by atoms with van der Waals surface area (Å²) in [5.74, 6) is -2.48. The van der Waals surface area contributed by atoms with Crippen molar-refractivity contribution >= 4 is 45.9 Å². The Kier molecular flexibility index (Phi) is 5.83. The van der Waals surface area contributed by atoms with Crippen LogP contribution in [0.4, 0.5) is 14.5 Å². The third-order valence-electron chi connectivity index (χ3n) is 3.24. The van der Waals surface area contributed by atoms with Gasteiger partial charge < -0.3 is 5.32 Å². The minimum Gasteiger partial charge on any atom is -0.325 e. The van der Waals surface area contributed by atoms with Crippen molar-refractivity contribution in [3.63, 3.8) is 0 Å². The average molecular weight is 377 g/mol. The van der Waals surface area contributed by atoms with Crippen molar-refractivity contribution in [3.8, 4) is 0 Å². The second-order valence-electron chi connectivity index (χ2n) is 4.98. The van der Waals surface area contributed by atoms with Gasteiger partial charge in [0.25, 0.3) is 5.76 Å². The predicted molar refractivity (Wildman–Crippen MR) is 97.2 cm³/mol. The molecule has 1 heterocycles. The molecular weight excluding hydrogens is 364 g/mol. The number of thioether (sulfide) groups is 2. The largest absolute Gasteiger partial charge is 0.325 e. The number of nitrogens with zero attached hydrogens (tertiary/aromatic N) is 2. The van der Waals surface area contributed by atoms with Crippen LogP contribution in [0.5, 0.6) is 0 Å². The van der Waals surface area contributed by atoms with E-state index in [9.17, 15) is 13.6 Å². The van der Waals surface area contributed by atoms with E-state index in [1.54, 1.807) is 30.5 Å². The maximum atomic E-state index is 12.3. The summed E-state index contributed by atoms with van der Waals surface area (Å²) >= 11 is 1.77. The molecule has 0 radical (unpaired) electrons. The lowest BCUT2D eigenvalue weighted by Crippen LogP contribution is -2.14. The number of aromatic nitrogens is 2. The van der Waals surface area contributed by atoms with Crippen LogP contribution in [-0.4, -0.2) is 27.6 Å². The molecule has 3 rings (SSSR count). The lowest BCUT2D eigenvalue weighted by molar-refractivity contribution is -0.113. The zero-order valence-electron chi connectivity index (χ0n) is 12.9. The van der Waals surface area contributed by atoms with Crippen molar-refractivity contribution in [2.45, 2.75) is 15.7 Å². The van der Waals surface area contributed by atoms with E-state index in [2.05, 4.69) is 15.5 Å². The van der Waals surface area contributed by atoms with Gasteiger partial charge in [-0.1, -0.05) is 47.8 Å². The summed E-state index contributed by atoms with van der Waals surface area (Å²) < 4.78 is 24.6. The Morgan fingerprint density at radius 1 is 1.12 bits per heavy atom. The summed E-state index contributed by atoms with van der Waals surface area (Å²) in [6.45, 7) is 0. The van der Waals surface area contributed by atoms with Gasteiger partial charge >= 0.3 is 0 Å². The van der Waals surface area contributed by atoms with Gasteiger partial charge in [0.1, 0.15) is 5.03 Å². The maximum Gasteiger partial charge on any atom is 0.288 e. The number of carbonyl (C=O) groups excluding carboxylic acids is 1. The van der Waals surface area contributed by atoms with Crippen molar-refractivity contribution < 1.29 is 13.6 Å². The van der Waals surface area contributed by atoms with E-state index in [0.29, 0.717) is 27.4 Å². The van der Waals surface area contributed by atoms with Gasteiger partial charge in [0.05, 0.1) is 11.9 Å². The molecule has 3 aromatic rings. The molecule has 2 aromatic carbocycles. The first kappa shape index (κ1) is 17.6. The molecule has 0 aliphatic rings. The first-order valence-electron chi connectivity index (χ1n) is 7.30. The highest BCUT2D eigenvalue weighted by molar-refractivity contribution is 8.00. The topological polar surface area (TPSA) is 54.9 Å². The normalized spacial score (nSPS) is 11.0. The van der Waals surface area contributed by atoms with Gasteiger partial charge in [-0.05, 0) is 24.3 Å². The first-order valence-corrected chi connectivity index (χ1v) is 9.16. The molecule has 0 aliphatic carbocycles. The fourth-order valence-corrected chi connectivity index (χ4v) is 3.44. The molecule has 0 unspecified atom stereocenters. The Labute approximate surface area is 151 Å². The van der Waals surface area contributed by atoms with E-state index in [4.69, 9.17) is 0 Å². The zero-order chi connectivity index (χ0) is 17.6. The number of hydrogen-bond acceptors (Lipinski definition) is 5. The highest BCUT2D eigenvalue weighted by atomic mass is 32.2. The van der Waals surface area contributed by atoms with E-state index in [1.807, 2.05) is 24.3 Å². The average Bonchev–Trinajstić information content (AvgIpc) is 2.61. The van der Waals surface area contributed by atoms with Crippen molar-refractivity contribution in [3.05, 3.63) is 54.7 Å². The first-order chi connectivity index (χ1) is 12.1. The molecule has 8 heteroatoms. The molecule has 25 heavy (non-hydrogen) atoms. The van der Waals surface area contributed by atoms with Gasteiger partial charge in [-0.25, -0.2) is 0 Å². The second-order valence-corrected chi connectivity index (χ2v) is 7.00. The van der Waals surface area contributed by atoms with Crippen molar-refractivity contribution in [2.24, 2.45) is 0 Å². The number of anilines is 1. The molecule has 0 saturated heterocycles. The van der Waals surface area contributed by atoms with Crippen LogP contribution in [0.3, 0.4) is 0 Å². The molecule has 0 spiro atoms. The Morgan fingerprint density at radius 2 is 1.88 bits per heavy atom. The third-order valence-corrected chi connectivity index (χ3v) is 4.94. The Morgan fingerprint density at radius 3 is 2.64 bits per heavy atom. The number of benzene rings is 2. The van der Waals surface area contributed by atoms with Crippen LogP contribution >= 0.6 is 23.5 Å². The van der Waals surface area contributed by atoms with Crippen LogP contribution in [0.15, 0.2) is 64.6 Å². The molecule has 0 fully saturated rings. The van der Waals surface area contributed by atoms with E-state index in [0.717, 1.165) is 10.8 Å². The maximum absolute atomic E-state index is 12.3. The molecule has 0 aliphatic heterocycles. The molecule has 0 bridgehead atoms. The molecule has 1 amide bonds. The van der Waals surface area contributed by atoms with Crippen molar-refractivity contribution in [2.75, 3.05) is 11.1 Å². The Bertz CT molecular complexity index is 870. The summed E-state index contributed by atoms with van der Waals surface area (Å²) in [5.41, 5.74) is 0.563. The monoisotopic (exact) mass is 377 g/mol. The number of nitrogens with one attached hydrogen (secondary N) is 1. The van der Waals surface area contributed by atoms with Gasteiger partial charge in [-0.3, -0.25) is 4.79 Å². The summed E-state index contributed by atoms with van der Waals surface area (Å²) in [4.78, 5) is 12.5. The standard InChI is InChI=1S/C17H13F2N3OS2/c18-17(19)25-13-7-5-12(6-8-13)21-15(23)10-24-16-14-4-2-1-3-11(14)9-20-22-16/h1-9,17H,10H2,(H,21,23). The molecule has 1 N–H and O–H groups in total. The third kappa shape index (κ3) is 4.90. The molecule has 128 valence electrons. The summed E-state index contributed by atoms with van der Waals surface area (Å²) in [6, 6.07) is 14.0. The van der Waals surface area contributed by atoms with Crippen molar-refractivity contribution in [1.82, 2.24) is 10.2 Å². The number of fused-ring (bicyclic) bond motifs is 1. The lowest BCUT2D eigenvalue weighted by atomic mass is 10.2. The van der Waals surface area contributed by atoms with Gasteiger partial charge in [0, 0.05) is 21.4 Å². The fourth-order valence-electron chi connectivity index (χ4n) is 2.16. The Balaban J connectivity index is 1.59. The Hall–Kier alpha value is -2.19. The highest BCUT2D eigenvalue weighted by Gasteiger charge is 2.09. The quantitative estimate of drug-likeness (QED) is 0.633. The number of halogens is 2. The highest BCUT2D eigenvalue weighted by Crippen LogP contribution is 2.27. The SMILES string of the molecule is O=C(CSc1nncc2ccccc12)Nc1ccc(SC(F)F)cc1. The number of rotatable bonds is 6. The van der Waals surface area contributed by atoms with E-state index in [-0.39, 0.29) is 11.7 Å². The molecular formula is C17H13F2N3OS2. The van der Waals surface area contributed by atoms with Gasteiger partial charge in [-0.15, -0.1) is 5.10 Å². The smallest absolute Gasteiger partial charge is 0.288 e. The summed E-state index contributed by atoms with van der Waals surface area (Å²) in [7, 11) is 0. The molecule has 0 saturated carbocycles. The second kappa shape index (κ2) is 8.26. The van der Waals surface area contributed by atoms with Crippen LogP contribution in [0.1, 0.15) is 0 Å². The van der Waals surface area contributed by atoms with Crippen LogP contribution in [0.2, 0.25) is 0 Å². The number of carbonyl (C=O) groups is 1. The fraction of sp³-hybridized carbons (Fsp3) is 0.118. The minimum atomic E-state index is -2.46. The van der Waals surface area contributed by atoms with E-state index >= 15 is 0 Å². The number of hydrogen-bond donors (Lipinski definition) is 1. The minimum absolute atomic E-state index is 0.177. The molecule has 4 nitrogen and oxygen atoms in total. The number of amides is 1. The van der Waals surface area contributed by atoms with E-state index in [1.165, 1.54) is 11.8 Å². The van der Waals surface area contributed by atoms with Crippen LogP contribution in [-0.2, 0) is 4.79 Å². The van der Waals surface area contributed by atoms with Crippen molar-refractivity contribution in [1.29, 1.82) is 0 Å². The van der Waals surface area contributed by atoms with Crippen LogP contribution in [0.25, 0.3) is 10.8 Å². The zero-order valence-corrected chi connectivity index (χ0v) is 14.5. The van der Waals surface area contributed by atoms with Gasteiger partial charge in [-0.2, -0.15) is 13.9 Å². The van der Waals surface area contributed by atoms with E-state index < -0.39 is 5.76 Å². The summed E-state index contributed by atoms with van der Waals surface area (Å²) in [6.07, 6.45) is 1.68. The predicted octanol–water partition coefficient (Wildman–Crippen LogP) is 4.68. The van der Waals surface area contributed by atoms with Gasteiger partial charge in [0.15, 0.2) is 0 Å². The lowest BCUT2D eigenvalue weighted by Gasteiger charge is -2.07. The number of alkyl halides is 2. The van der Waals surface area contributed by atoms with Crippen LogP contribution in [0, 0.1) is 0 Å². The van der Waals surface area contributed by atoms with Crippen LogP contribution < -0.4 is 5.32 Å². The molecule has 1 aromatic heterocycles. The van der Waals surface area contributed by atoms with Gasteiger partial charge in [0.2, 0.25) is 5.91 Å². The molecule has 0 atom stereocenters. The summed E-state index contributed by atoms with van der Waals surface area (Å²) in [5, 5.41) is 13.4.